The molecule has 1 heterocycles. The van der Waals surface area contributed by atoms with Crippen molar-refractivity contribution in [1.82, 2.24) is 0 Å². The van der Waals surface area contributed by atoms with Crippen LogP contribution in [0.5, 0.6) is 0 Å². The van der Waals surface area contributed by atoms with E-state index in [0.29, 0.717) is 0 Å². The molecule has 0 aromatic heterocycles. The van der Waals surface area contributed by atoms with Gasteiger partial charge in [0.2, 0.25) is 0 Å². The molecular formula is C23H26S. The van der Waals surface area contributed by atoms with Crippen LogP contribution in [-0.2, 0) is 5.75 Å². The van der Waals surface area contributed by atoms with Gasteiger partial charge in [0.25, 0.3) is 0 Å². The summed E-state index contributed by atoms with van der Waals surface area (Å²) in [7, 11) is -1.75. The van der Waals surface area contributed by atoms with E-state index in [9.17, 15) is 0 Å². The first-order chi connectivity index (χ1) is 11.8. The second-order valence-electron chi connectivity index (χ2n) is 7.17. The van der Waals surface area contributed by atoms with Crippen LogP contribution in [-0.4, -0.2) is 15.9 Å². The van der Waals surface area contributed by atoms with Gasteiger partial charge in [0.1, 0.15) is 0 Å². The standard InChI is InChI=1S/C23H26S/c1-20-18-24(20,23-16-10-5-11-17-23,19-21-12-6-4-7-13-21)22-14-8-2-3-9-15-22/h2-8,10-14,16-17,20H,9,15,18-19H2,1H3. The number of hydrogen-bond donors (Lipinski definition) is 0. The summed E-state index contributed by atoms with van der Waals surface area (Å²) in [5.74, 6) is 2.57. The van der Waals surface area contributed by atoms with Gasteiger partial charge >= 0.3 is 0 Å². The van der Waals surface area contributed by atoms with Gasteiger partial charge in [0.05, 0.1) is 0 Å². The van der Waals surface area contributed by atoms with Crippen LogP contribution in [0.1, 0.15) is 25.3 Å². The quantitative estimate of drug-likeness (QED) is 0.472. The van der Waals surface area contributed by atoms with Gasteiger partial charge in [-0.15, -0.1) is 0 Å². The highest BCUT2D eigenvalue weighted by atomic mass is 32.3. The third kappa shape index (κ3) is 2.26. The van der Waals surface area contributed by atoms with Gasteiger partial charge in [-0.2, -0.15) is 0 Å². The molecular weight excluding hydrogens is 308 g/mol. The summed E-state index contributed by atoms with van der Waals surface area (Å²) in [4.78, 5) is 3.33. The zero-order valence-corrected chi connectivity index (χ0v) is 15.2. The Morgan fingerprint density at radius 1 is 0.917 bits per heavy atom. The molecule has 24 heavy (non-hydrogen) atoms. The van der Waals surface area contributed by atoms with Crippen LogP contribution < -0.4 is 0 Å². The van der Waals surface area contributed by atoms with Gasteiger partial charge in [0, 0.05) is 5.75 Å². The molecule has 0 saturated carbocycles. The molecule has 124 valence electrons. The van der Waals surface area contributed by atoms with Gasteiger partial charge in [-0.1, -0.05) is 91.9 Å². The first-order valence-electron chi connectivity index (χ1n) is 8.93. The van der Waals surface area contributed by atoms with Crippen LogP contribution in [0.2, 0.25) is 0 Å². The smallest absolute Gasteiger partial charge is 0.00380 e. The van der Waals surface area contributed by atoms with Crippen LogP contribution in [0.25, 0.3) is 0 Å². The topological polar surface area (TPSA) is 0 Å². The van der Waals surface area contributed by atoms with E-state index in [2.05, 4.69) is 91.9 Å². The lowest BCUT2D eigenvalue weighted by molar-refractivity contribution is 1.12. The predicted octanol–water partition coefficient (Wildman–Crippen LogP) is 6.07. The van der Waals surface area contributed by atoms with E-state index in [1.807, 2.05) is 0 Å². The van der Waals surface area contributed by atoms with E-state index in [-0.39, 0.29) is 0 Å². The predicted molar refractivity (Wildman–Crippen MR) is 109 cm³/mol. The van der Waals surface area contributed by atoms with Crippen molar-refractivity contribution in [3.05, 3.63) is 90.5 Å². The Balaban J connectivity index is 1.98. The SMILES string of the molecule is CC1CS1(Cc1ccccc1)(=C1C=CC=CCC1)c1ccccc1. The summed E-state index contributed by atoms with van der Waals surface area (Å²) in [6, 6.07) is 22.5. The molecule has 1 fully saturated rings. The lowest BCUT2D eigenvalue weighted by atomic mass is 10.2. The lowest BCUT2D eigenvalue weighted by Gasteiger charge is -2.38. The highest BCUT2D eigenvalue weighted by Gasteiger charge is 2.56. The first kappa shape index (κ1) is 15.7. The van der Waals surface area contributed by atoms with Gasteiger partial charge < -0.3 is 0 Å². The average Bonchev–Trinajstić information content (AvgIpc) is 3.32. The van der Waals surface area contributed by atoms with Crippen molar-refractivity contribution in [1.29, 1.82) is 0 Å². The number of benzene rings is 2. The number of allylic oxidation sites excluding steroid dienone is 4. The summed E-state index contributed by atoms with van der Waals surface area (Å²) >= 11 is 0. The number of rotatable bonds is 3. The van der Waals surface area contributed by atoms with Crippen LogP contribution in [0.3, 0.4) is 0 Å². The van der Waals surface area contributed by atoms with Crippen molar-refractivity contribution < 1.29 is 0 Å². The molecule has 1 atom stereocenters. The summed E-state index contributed by atoms with van der Waals surface area (Å²) in [6.07, 6.45) is 11.6. The Morgan fingerprint density at radius 3 is 2.25 bits per heavy atom. The van der Waals surface area contributed by atoms with E-state index in [1.165, 1.54) is 29.9 Å². The number of hydrogen-bond acceptors (Lipinski definition) is 0. The fourth-order valence-electron chi connectivity index (χ4n) is 4.50. The highest BCUT2D eigenvalue weighted by molar-refractivity contribution is 8.53. The van der Waals surface area contributed by atoms with Crippen molar-refractivity contribution in [2.45, 2.75) is 35.7 Å². The van der Waals surface area contributed by atoms with Gasteiger partial charge in [0.15, 0.2) is 0 Å². The summed E-state index contributed by atoms with van der Waals surface area (Å²) in [6.45, 7) is 2.48. The molecule has 2 aromatic carbocycles. The van der Waals surface area contributed by atoms with Crippen molar-refractivity contribution in [2.24, 2.45) is 0 Å². The van der Waals surface area contributed by atoms with E-state index in [1.54, 1.807) is 9.76 Å². The van der Waals surface area contributed by atoms with E-state index >= 15 is 0 Å². The fraction of sp³-hybridized carbons (Fsp3) is 0.261. The molecule has 1 aliphatic carbocycles. The highest BCUT2D eigenvalue weighted by Crippen LogP contribution is 2.85. The maximum Gasteiger partial charge on any atom is 0.00380 e. The third-order valence-corrected chi connectivity index (χ3v) is 12.9. The molecule has 4 rings (SSSR count). The summed E-state index contributed by atoms with van der Waals surface area (Å²) in [5, 5.41) is 0.780. The Morgan fingerprint density at radius 2 is 1.58 bits per heavy atom. The van der Waals surface area contributed by atoms with Crippen molar-refractivity contribution in [3.8, 4) is 0 Å². The van der Waals surface area contributed by atoms with Crippen molar-refractivity contribution in [3.63, 3.8) is 0 Å². The molecule has 0 amide bonds. The minimum atomic E-state index is -1.75. The van der Waals surface area contributed by atoms with Gasteiger partial charge in [-0.3, -0.25) is 0 Å². The Bertz CT molecular complexity index is 855. The third-order valence-electron chi connectivity index (χ3n) is 5.88. The van der Waals surface area contributed by atoms with Crippen LogP contribution in [0.4, 0.5) is 0 Å². The Kier molecular flexibility index (Phi) is 3.85. The van der Waals surface area contributed by atoms with Crippen LogP contribution >= 0.6 is 8.75 Å². The molecule has 0 bridgehead atoms. The largest absolute Gasteiger partial charge is 0.210 e. The molecule has 0 spiro atoms. The minimum Gasteiger partial charge on any atom is -0.210 e. The maximum atomic E-state index is 2.48. The zero-order chi connectivity index (χ0) is 16.5. The van der Waals surface area contributed by atoms with Gasteiger partial charge in [-0.25, -0.2) is 8.75 Å². The molecule has 1 aliphatic heterocycles. The summed E-state index contributed by atoms with van der Waals surface area (Å²) in [5.41, 5.74) is 1.49. The minimum absolute atomic E-state index is 0.780. The van der Waals surface area contributed by atoms with Crippen LogP contribution in [0.15, 0.2) is 89.9 Å². The van der Waals surface area contributed by atoms with E-state index in [0.717, 1.165) is 5.25 Å². The summed E-state index contributed by atoms with van der Waals surface area (Å²) < 4.78 is 0. The maximum absolute atomic E-state index is 2.48. The Hall–Kier alpha value is -1.86. The van der Waals surface area contributed by atoms with Crippen molar-refractivity contribution >= 4 is 13.6 Å². The molecule has 2 aliphatic rings. The normalized spacial score (nSPS) is 25.5. The fourth-order valence-corrected chi connectivity index (χ4v) is 11.5. The second-order valence-corrected chi connectivity index (χ2v) is 12.5. The molecule has 1 heteroatoms. The monoisotopic (exact) mass is 334 g/mol. The second kappa shape index (κ2) is 5.89. The molecule has 1 saturated heterocycles. The van der Waals surface area contributed by atoms with E-state index < -0.39 is 8.75 Å². The van der Waals surface area contributed by atoms with Crippen LogP contribution in [0, 0.1) is 0 Å². The molecule has 2 aromatic rings. The average molecular weight is 335 g/mol. The Labute approximate surface area is 145 Å². The van der Waals surface area contributed by atoms with Gasteiger partial charge in [-0.05, 0) is 39.2 Å². The van der Waals surface area contributed by atoms with E-state index in [4.69, 9.17) is 0 Å². The molecule has 1 unspecified atom stereocenters. The molecule has 0 radical (unpaired) electrons. The van der Waals surface area contributed by atoms with Crippen molar-refractivity contribution in [2.75, 3.05) is 5.75 Å². The molecule has 0 nitrogen and oxygen atoms in total. The zero-order valence-electron chi connectivity index (χ0n) is 14.4. The lowest BCUT2D eigenvalue weighted by Crippen LogP contribution is -2.11. The molecule has 0 N–H and O–H groups in total. The first-order valence-corrected chi connectivity index (χ1v) is 11.4.